The molecule has 0 aliphatic carbocycles. The van der Waals surface area contributed by atoms with Crippen LogP contribution in [0, 0.1) is 25.1 Å². The zero-order chi connectivity index (χ0) is 48.9. The van der Waals surface area contributed by atoms with E-state index in [9.17, 15) is 0 Å². The number of benzene rings is 9. The fourth-order valence-electron chi connectivity index (χ4n) is 9.76. The van der Waals surface area contributed by atoms with E-state index in [2.05, 4.69) is 247 Å². The molecule has 350 valence electrons. The first-order valence-corrected chi connectivity index (χ1v) is 24.5. The van der Waals surface area contributed by atoms with Crippen molar-refractivity contribution < 1.29 is 20.1 Å². The Morgan fingerprint density at radius 3 is 1.05 bits per heavy atom. The number of pyridine rings is 3. The third kappa shape index (κ3) is 9.98. The topological polar surface area (TPSA) is 38.7 Å². The summed E-state index contributed by atoms with van der Waals surface area (Å²) in [6.07, 6.45) is 5.57. The molecule has 3 heterocycles. The number of aromatic nitrogens is 3. The molecule has 3 aromatic heterocycles. The van der Waals surface area contributed by atoms with Gasteiger partial charge in [-0.25, -0.2) is 0 Å². The van der Waals surface area contributed by atoms with Crippen molar-refractivity contribution in [1.82, 2.24) is 15.0 Å². The van der Waals surface area contributed by atoms with Gasteiger partial charge in [-0.15, -0.1) is 89.5 Å². The van der Waals surface area contributed by atoms with Crippen LogP contribution in [0.15, 0.2) is 261 Å². The van der Waals surface area contributed by atoms with E-state index in [1.54, 1.807) is 0 Å². The van der Waals surface area contributed by atoms with Crippen LogP contribution in [-0.2, 0) is 20.1 Å². The first-order valence-electron chi connectivity index (χ1n) is 24.5. The van der Waals surface area contributed by atoms with Gasteiger partial charge in [0.1, 0.15) is 0 Å². The molecule has 0 bridgehead atoms. The van der Waals surface area contributed by atoms with Gasteiger partial charge in [-0.1, -0.05) is 191 Å². The van der Waals surface area contributed by atoms with Crippen LogP contribution in [0.3, 0.4) is 0 Å². The molecule has 0 aliphatic rings. The van der Waals surface area contributed by atoms with Crippen LogP contribution >= 0.6 is 0 Å². The Labute approximate surface area is 447 Å². The standard InChI is InChI=1S/C70H46N3.Ir/c1-48-38-41-72-69(43-48)56-34-28-53(29-35-56)63-16-6-9-19-66(63)60-44-59(65-18-8-5-15-62(65)52-26-32-55(33-27-52)68-21-11-12-40-71-68)45-61(46-60)67-20-10-7-17-64(67)54-30-36-57(37-31-54)70-47-58(39-42-73-70)51-24-22-50(23-25-51)49-13-3-2-4-14-49;/h2-32,34,36,38-47H,1H3;/q-3;+3. The van der Waals surface area contributed by atoms with E-state index in [0.717, 1.165) is 112 Å². The Kier molecular flexibility index (Phi) is 13.7. The third-order valence-corrected chi connectivity index (χ3v) is 13.5. The SMILES string of the molecule is Cc1ccnc(-c2[c-]cc(-c3ccccc3-c3cc(-c4ccccc4-c4c[c-]c(-c5ccccn5)cc4)cc(-c4ccccc4-c4c[c-]c(-c5cc(-c6ccc(-c7ccccc7)cc6)ccn5)cc4)c3)cc2)c1.[Ir+3]. The second-order valence-corrected chi connectivity index (χ2v) is 18.2. The van der Waals surface area contributed by atoms with Gasteiger partial charge in [-0.05, 0) is 116 Å². The smallest absolute Gasteiger partial charge is 0.305 e. The van der Waals surface area contributed by atoms with E-state index in [1.165, 1.54) is 16.7 Å². The summed E-state index contributed by atoms with van der Waals surface area (Å²) in [5.41, 5.74) is 24.7. The Hall–Kier alpha value is -8.92. The molecule has 0 aliphatic heterocycles. The summed E-state index contributed by atoms with van der Waals surface area (Å²) in [6.45, 7) is 2.09. The zero-order valence-corrected chi connectivity index (χ0v) is 42.9. The number of rotatable bonds is 11. The van der Waals surface area contributed by atoms with E-state index in [1.807, 2.05) is 48.9 Å². The van der Waals surface area contributed by atoms with Crippen LogP contribution in [0.2, 0.25) is 0 Å². The Morgan fingerprint density at radius 1 is 0.257 bits per heavy atom. The van der Waals surface area contributed by atoms with Crippen molar-refractivity contribution in [2.24, 2.45) is 0 Å². The average Bonchev–Trinajstić information content (AvgIpc) is 3.48. The normalized spacial score (nSPS) is 10.9. The van der Waals surface area contributed by atoms with E-state index >= 15 is 0 Å². The van der Waals surface area contributed by atoms with E-state index in [4.69, 9.17) is 4.98 Å². The van der Waals surface area contributed by atoms with Gasteiger partial charge in [0, 0.05) is 18.6 Å². The van der Waals surface area contributed by atoms with Gasteiger partial charge >= 0.3 is 20.1 Å². The quantitative estimate of drug-likeness (QED) is 0.121. The maximum Gasteiger partial charge on any atom is 3.00 e. The van der Waals surface area contributed by atoms with Crippen LogP contribution < -0.4 is 0 Å². The zero-order valence-electron chi connectivity index (χ0n) is 40.5. The molecule has 12 rings (SSSR count). The van der Waals surface area contributed by atoms with Crippen molar-refractivity contribution in [2.45, 2.75) is 6.92 Å². The van der Waals surface area contributed by atoms with Gasteiger partial charge in [-0.3, -0.25) is 0 Å². The fraction of sp³-hybridized carbons (Fsp3) is 0.0143. The summed E-state index contributed by atoms with van der Waals surface area (Å²) < 4.78 is 0. The third-order valence-electron chi connectivity index (χ3n) is 13.5. The first-order chi connectivity index (χ1) is 36.1. The maximum absolute atomic E-state index is 4.80. The predicted octanol–water partition coefficient (Wildman–Crippen LogP) is 17.9. The summed E-state index contributed by atoms with van der Waals surface area (Å²) >= 11 is 0. The molecule has 0 spiro atoms. The molecule has 9 aromatic carbocycles. The molecule has 0 fully saturated rings. The molecule has 0 radical (unpaired) electrons. The minimum Gasteiger partial charge on any atom is -0.305 e. The van der Waals surface area contributed by atoms with E-state index in [-0.39, 0.29) is 20.1 Å². The number of nitrogens with zero attached hydrogens (tertiary/aromatic N) is 3. The summed E-state index contributed by atoms with van der Waals surface area (Å²) in [4.78, 5) is 14.0. The van der Waals surface area contributed by atoms with Crippen molar-refractivity contribution in [2.75, 3.05) is 0 Å². The molecular formula is C70H46IrN3. The van der Waals surface area contributed by atoms with Crippen molar-refractivity contribution >= 4 is 0 Å². The predicted molar refractivity (Wildman–Crippen MR) is 301 cm³/mol. The van der Waals surface area contributed by atoms with Crippen LogP contribution in [0.1, 0.15) is 5.56 Å². The Bertz CT molecular complexity index is 3870. The van der Waals surface area contributed by atoms with E-state index < -0.39 is 0 Å². The summed E-state index contributed by atoms with van der Waals surface area (Å²) in [6, 6.07) is 96.5. The Balaban J connectivity index is 0.00000588. The average molecular weight is 1120 g/mol. The van der Waals surface area contributed by atoms with Crippen LogP contribution in [0.4, 0.5) is 0 Å². The molecule has 0 saturated carbocycles. The Morgan fingerprint density at radius 2 is 0.622 bits per heavy atom. The second kappa shape index (κ2) is 21.4. The largest absolute Gasteiger partial charge is 3.00 e. The molecule has 74 heavy (non-hydrogen) atoms. The molecule has 4 heteroatoms. The molecule has 0 unspecified atom stereocenters. The molecule has 0 amide bonds. The van der Waals surface area contributed by atoms with Crippen molar-refractivity contribution in [3.8, 4) is 123 Å². The second-order valence-electron chi connectivity index (χ2n) is 18.2. The molecule has 12 aromatic rings. The van der Waals surface area contributed by atoms with Gasteiger partial charge in [0.05, 0.1) is 0 Å². The molecule has 0 atom stereocenters. The molecule has 0 saturated heterocycles. The maximum atomic E-state index is 4.80. The van der Waals surface area contributed by atoms with Crippen LogP contribution in [0.5, 0.6) is 0 Å². The number of hydrogen-bond acceptors (Lipinski definition) is 3. The van der Waals surface area contributed by atoms with Gasteiger partial charge < -0.3 is 15.0 Å². The van der Waals surface area contributed by atoms with Gasteiger partial charge in [0.25, 0.3) is 0 Å². The number of aryl methyl sites for hydroxylation is 1. The minimum atomic E-state index is 0. The number of hydrogen-bond donors (Lipinski definition) is 0. The molecule has 3 nitrogen and oxygen atoms in total. The van der Waals surface area contributed by atoms with Gasteiger partial charge in [0.15, 0.2) is 0 Å². The van der Waals surface area contributed by atoms with Crippen LogP contribution in [-0.4, -0.2) is 15.0 Å². The minimum absolute atomic E-state index is 0. The summed E-state index contributed by atoms with van der Waals surface area (Å²) in [5, 5.41) is 0. The van der Waals surface area contributed by atoms with Crippen molar-refractivity contribution in [1.29, 1.82) is 0 Å². The van der Waals surface area contributed by atoms with E-state index in [0.29, 0.717) is 0 Å². The summed E-state index contributed by atoms with van der Waals surface area (Å²) in [7, 11) is 0. The monoisotopic (exact) mass is 1120 g/mol. The van der Waals surface area contributed by atoms with Crippen molar-refractivity contribution in [3.63, 3.8) is 0 Å². The molecular weight excluding hydrogens is 1080 g/mol. The van der Waals surface area contributed by atoms with Crippen molar-refractivity contribution in [3.05, 3.63) is 285 Å². The van der Waals surface area contributed by atoms with Gasteiger partial charge in [-0.2, -0.15) is 0 Å². The van der Waals surface area contributed by atoms with Gasteiger partial charge in [0.2, 0.25) is 0 Å². The fourth-order valence-corrected chi connectivity index (χ4v) is 9.76. The van der Waals surface area contributed by atoms with Crippen LogP contribution in [0.25, 0.3) is 123 Å². The molecule has 0 N–H and O–H groups in total. The first kappa shape index (κ1) is 47.4. The summed E-state index contributed by atoms with van der Waals surface area (Å²) in [5.74, 6) is 0.